The van der Waals surface area contributed by atoms with Crippen LogP contribution in [0.25, 0.3) is 0 Å². The van der Waals surface area contributed by atoms with E-state index in [0.29, 0.717) is 25.7 Å². The molecule has 0 amide bonds. The van der Waals surface area contributed by atoms with E-state index >= 15 is 0 Å². The summed E-state index contributed by atoms with van der Waals surface area (Å²) in [4.78, 5) is 22.3. The van der Waals surface area contributed by atoms with E-state index < -0.39 is 23.8 Å². The van der Waals surface area contributed by atoms with Crippen LogP contribution in [-0.4, -0.2) is 25.2 Å². The van der Waals surface area contributed by atoms with Crippen molar-refractivity contribution < 1.29 is 19.1 Å². The molecule has 8 nitrogen and oxygen atoms in total. The molecule has 0 bridgehead atoms. The molecular weight excluding hydrogens is 288 g/mol. The van der Waals surface area contributed by atoms with Gasteiger partial charge < -0.3 is 9.47 Å². The van der Waals surface area contributed by atoms with E-state index in [1.807, 2.05) is 0 Å². The Kier molecular flexibility index (Phi) is 10.1. The minimum atomic E-state index is -1.40. The number of esters is 2. The average Bonchev–Trinajstić information content (AvgIpc) is 2.52. The number of nitriles is 4. The van der Waals surface area contributed by atoms with Crippen LogP contribution in [0.3, 0.4) is 0 Å². The number of unbranched alkanes of at least 4 members (excludes halogenated alkanes) is 3. The van der Waals surface area contributed by atoms with Crippen molar-refractivity contribution in [3.8, 4) is 24.3 Å². The Labute approximate surface area is 128 Å². The number of carbonyl (C=O) groups is 2. The summed E-state index contributed by atoms with van der Waals surface area (Å²) in [6.45, 7) is 0.229. The van der Waals surface area contributed by atoms with Gasteiger partial charge in [0.15, 0.2) is 0 Å². The van der Waals surface area contributed by atoms with Gasteiger partial charge in [-0.15, -0.1) is 0 Å². The summed E-state index contributed by atoms with van der Waals surface area (Å²) < 4.78 is 9.50. The van der Waals surface area contributed by atoms with E-state index in [2.05, 4.69) is 0 Å². The minimum Gasteiger partial charge on any atom is -0.464 e. The number of carbonyl (C=O) groups excluding carboxylic acids is 2. The van der Waals surface area contributed by atoms with Crippen LogP contribution in [0, 0.1) is 57.2 Å². The van der Waals surface area contributed by atoms with Gasteiger partial charge in [0, 0.05) is 0 Å². The van der Waals surface area contributed by atoms with Crippen LogP contribution in [0.1, 0.15) is 25.7 Å². The molecule has 0 saturated carbocycles. The van der Waals surface area contributed by atoms with Crippen LogP contribution in [0.5, 0.6) is 0 Å². The van der Waals surface area contributed by atoms with Gasteiger partial charge in [-0.05, 0) is 25.7 Å². The van der Waals surface area contributed by atoms with Gasteiger partial charge in [-0.3, -0.25) is 0 Å². The van der Waals surface area contributed by atoms with Crippen molar-refractivity contribution in [3.63, 3.8) is 0 Å². The lowest BCUT2D eigenvalue weighted by molar-refractivity contribution is -0.146. The molecule has 114 valence electrons. The minimum absolute atomic E-state index is 0.115. The molecule has 0 spiro atoms. The fourth-order valence-corrected chi connectivity index (χ4v) is 1.34. The van der Waals surface area contributed by atoms with E-state index in [1.165, 1.54) is 24.3 Å². The second kappa shape index (κ2) is 11.7. The zero-order chi connectivity index (χ0) is 16.8. The van der Waals surface area contributed by atoms with Gasteiger partial charge >= 0.3 is 11.9 Å². The summed E-state index contributed by atoms with van der Waals surface area (Å²) in [5, 5.41) is 33.8. The Morgan fingerprint density at radius 3 is 1.27 bits per heavy atom. The quantitative estimate of drug-likeness (QED) is 0.451. The SMILES string of the molecule is N#CC(C#N)C(=O)OCCCCCCOC(=O)C(C#N)C#N. The first-order valence-electron chi connectivity index (χ1n) is 6.52. The molecule has 0 radical (unpaired) electrons. The van der Waals surface area contributed by atoms with Gasteiger partial charge in [0.2, 0.25) is 11.8 Å². The number of rotatable bonds is 9. The van der Waals surface area contributed by atoms with Gasteiger partial charge in [0.05, 0.1) is 37.5 Å². The molecule has 0 unspecified atom stereocenters. The molecule has 0 saturated heterocycles. The van der Waals surface area contributed by atoms with Crippen molar-refractivity contribution in [3.05, 3.63) is 0 Å². The predicted octanol–water partition coefficient (Wildman–Crippen LogP) is 0.960. The van der Waals surface area contributed by atoms with Gasteiger partial charge in [-0.2, -0.15) is 21.0 Å². The van der Waals surface area contributed by atoms with Crippen LogP contribution in [0.15, 0.2) is 0 Å². The second-order valence-corrected chi connectivity index (χ2v) is 4.13. The molecule has 0 aromatic heterocycles. The predicted molar refractivity (Wildman–Crippen MR) is 69.8 cm³/mol. The first-order valence-corrected chi connectivity index (χ1v) is 6.52. The summed E-state index contributed by atoms with van der Waals surface area (Å²) in [5.41, 5.74) is 0. The van der Waals surface area contributed by atoms with Crippen molar-refractivity contribution in [2.75, 3.05) is 13.2 Å². The van der Waals surface area contributed by atoms with Gasteiger partial charge in [-0.1, -0.05) is 0 Å². The lowest BCUT2D eigenvalue weighted by atomic mass is 10.2. The maximum atomic E-state index is 11.2. The highest BCUT2D eigenvalue weighted by Gasteiger charge is 2.18. The molecule has 0 fully saturated rings. The largest absolute Gasteiger partial charge is 0.464 e. The topological polar surface area (TPSA) is 148 Å². The van der Waals surface area contributed by atoms with Gasteiger partial charge in [0.1, 0.15) is 0 Å². The van der Waals surface area contributed by atoms with Crippen molar-refractivity contribution in [1.29, 1.82) is 21.0 Å². The Morgan fingerprint density at radius 1 is 0.682 bits per heavy atom. The molecule has 0 aliphatic heterocycles. The van der Waals surface area contributed by atoms with Crippen LogP contribution in [0.4, 0.5) is 0 Å². The smallest absolute Gasteiger partial charge is 0.338 e. The van der Waals surface area contributed by atoms with E-state index in [9.17, 15) is 9.59 Å². The summed E-state index contributed by atoms with van der Waals surface area (Å²) in [7, 11) is 0. The Hall–Kier alpha value is -3.10. The monoisotopic (exact) mass is 302 g/mol. The van der Waals surface area contributed by atoms with Crippen molar-refractivity contribution >= 4 is 11.9 Å². The number of hydrogen-bond donors (Lipinski definition) is 0. The second-order valence-electron chi connectivity index (χ2n) is 4.13. The first kappa shape index (κ1) is 18.9. The summed E-state index contributed by atoms with van der Waals surface area (Å²) >= 11 is 0. The molecule has 0 heterocycles. The fraction of sp³-hybridized carbons (Fsp3) is 0.571. The first-order chi connectivity index (χ1) is 10.6. The normalized spacial score (nSPS) is 9.18. The van der Waals surface area contributed by atoms with Crippen LogP contribution in [0.2, 0.25) is 0 Å². The van der Waals surface area contributed by atoms with Crippen molar-refractivity contribution in [2.45, 2.75) is 25.7 Å². The maximum absolute atomic E-state index is 11.2. The Balaban J connectivity index is 3.61. The third-order valence-electron chi connectivity index (χ3n) is 2.52. The van der Waals surface area contributed by atoms with Crippen LogP contribution < -0.4 is 0 Å². The lowest BCUT2D eigenvalue weighted by Gasteiger charge is -2.06. The van der Waals surface area contributed by atoms with Crippen molar-refractivity contribution in [1.82, 2.24) is 0 Å². The molecule has 0 aliphatic carbocycles. The van der Waals surface area contributed by atoms with E-state index in [4.69, 9.17) is 30.5 Å². The summed E-state index contributed by atoms with van der Waals surface area (Å²) in [6.07, 6.45) is 2.52. The molecule has 0 atom stereocenters. The van der Waals surface area contributed by atoms with Gasteiger partial charge in [0.25, 0.3) is 0 Å². The fourth-order valence-electron chi connectivity index (χ4n) is 1.34. The molecule has 8 heteroatoms. The molecular formula is C14H14N4O4. The van der Waals surface area contributed by atoms with E-state index in [0.717, 1.165) is 0 Å². The Morgan fingerprint density at radius 2 is 1.00 bits per heavy atom. The molecule has 0 aromatic rings. The van der Waals surface area contributed by atoms with Gasteiger partial charge in [-0.25, -0.2) is 9.59 Å². The molecule has 0 aromatic carbocycles. The van der Waals surface area contributed by atoms with E-state index in [1.54, 1.807) is 0 Å². The maximum Gasteiger partial charge on any atom is 0.338 e. The standard InChI is InChI=1S/C14H14N4O4/c15-7-11(8-16)13(19)21-5-3-1-2-4-6-22-14(20)12(9-17)10-18/h11-12H,1-6H2. The number of ether oxygens (including phenoxy) is 2. The number of nitrogens with zero attached hydrogens (tertiary/aromatic N) is 4. The summed E-state index contributed by atoms with van der Waals surface area (Å²) in [6, 6.07) is 6.08. The molecule has 0 rings (SSSR count). The number of hydrogen-bond acceptors (Lipinski definition) is 8. The molecule has 0 N–H and O–H groups in total. The van der Waals surface area contributed by atoms with Crippen LogP contribution >= 0.6 is 0 Å². The zero-order valence-corrected chi connectivity index (χ0v) is 11.8. The zero-order valence-electron chi connectivity index (χ0n) is 11.8. The third kappa shape index (κ3) is 7.48. The Bertz CT molecular complexity index is 469. The highest BCUT2D eigenvalue weighted by molar-refractivity contribution is 5.78. The lowest BCUT2D eigenvalue weighted by Crippen LogP contribution is -2.15. The van der Waals surface area contributed by atoms with Crippen molar-refractivity contribution in [2.24, 2.45) is 11.8 Å². The van der Waals surface area contributed by atoms with E-state index in [-0.39, 0.29) is 13.2 Å². The third-order valence-corrected chi connectivity index (χ3v) is 2.52. The highest BCUT2D eigenvalue weighted by atomic mass is 16.5. The molecule has 22 heavy (non-hydrogen) atoms. The van der Waals surface area contributed by atoms with Crippen LogP contribution in [-0.2, 0) is 19.1 Å². The molecule has 0 aliphatic rings. The highest BCUT2D eigenvalue weighted by Crippen LogP contribution is 2.04. The average molecular weight is 302 g/mol. The summed E-state index contributed by atoms with van der Waals surface area (Å²) in [5.74, 6) is -4.49.